The molecule has 2 aromatic rings. The summed E-state index contributed by atoms with van der Waals surface area (Å²) >= 11 is 0. The van der Waals surface area contributed by atoms with Crippen LogP contribution in [0.2, 0.25) is 0 Å². The monoisotopic (exact) mass is 340 g/mol. The molecule has 1 N–H and O–H groups in total. The van der Waals surface area contributed by atoms with Crippen molar-refractivity contribution in [3.05, 3.63) is 74.3 Å². The highest BCUT2D eigenvalue weighted by atomic mass is 32.2. The van der Waals surface area contributed by atoms with E-state index in [0.717, 1.165) is 12.1 Å². The Kier molecular flexibility index (Phi) is 5.87. The first-order valence-corrected chi connectivity index (χ1v) is 7.49. The first-order chi connectivity index (χ1) is 10.6. The van der Waals surface area contributed by atoms with Crippen molar-refractivity contribution >= 4 is 21.5 Å². The fraction of sp³-hybridized carbons (Fsp3) is 0.0769. The number of nitrogens with zero attached hydrogens (tertiary/aromatic N) is 2. The second-order valence-electron chi connectivity index (χ2n) is 4.30. The van der Waals surface area contributed by atoms with E-state index in [1.165, 1.54) is 18.2 Å². The molecule has 2 rings (SSSR count). The Hall–Kier alpha value is -2.85. The summed E-state index contributed by atoms with van der Waals surface area (Å²) < 4.78 is 30.1. The maximum absolute atomic E-state index is 10.7. The van der Waals surface area contributed by atoms with Gasteiger partial charge in [0.05, 0.1) is 9.85 Å². The maximum atomic E-state index is 10.7. The third-order valence-corrected chi connectivity index (χ3v) is 3.46. The van der Waals surface area contributed by atoms with E-state index in [4.69, 9.17) is 4.55 Å². The largest absolute Gasteiger partial charge is 0.301 e. The van der Waals surface area contributed by atoms with E-state index in [-0.39, 0.29) is 5.69 Å². The number of para-hydroxylation sites is 1. The van der Waals surface area contributed by atoms with Crippen LogP contribution in [-0.2, 0) is 10.1 Å². The van der Waals surface area contributed by atoms with Gasteiger partial charge in [-0.3, -0.25) is 24.8 Å². The minimum Gasteiger partial charge on any atom is -0.282 e. The summed E-state index contributed by atoms with van der Waals surface area (Å²) in [5.74, 6) is 0. The fourth-order valence-electron chi connectivity index (χ4n) is 1.54. The molecule has 0 amide bonds. The van der Waals surface area contributed by atoms with Gasteiger partial charge in [0.2, 0.25) is 0 Å². The van der Waals surface area contributed by atoms with Gasteiger partial charge in [0.1, 0.15) is 0 Å². The molecule has 122 valence electrons. The van der Waals surface area contributed by atoms with Crippen LogP contribution in [0, 0.1) is 27.2 Å². The molecule has 0 bridgehead atoms. The Morgan fingerprint density at radius 2 is 1.52 bits per heavy atom. The average molecular weight is 340 g/mol. The number of rotatable bonds is 3. The van der Waals surface area contributed by atoms with E-state index < -0.39 is 30.5 Å². The van der Waals surface area contributed by atoms with Crippen LogP contribution >= 0.6 is 0 Å². The van der Waals surface area contributed by atoms with Crippen molar-refractivity contribution in [2.45, 2.75) is 11.8 Å². The van der Waals surface area contributed by atoms with E-state index in [1.807, 2.05) is 0 Å². The van der Waals surface area contributed by atoms with Crippen LogP contribution in [0.1, 0.15) is 5.56 Å². The van der Waals surface area contributed by atoms with Gasteiger partial charge in [-0.2, -0.15) is 8.42 Å². The van der Waals surface area contributed by atoms with Gasteiger partial charge in [-0.1, -0.05) is 24.3 Å². The lowest BCUT2D eigenvalue weighted by molar-refractivity contribution is -0.387. The predicted octanol–water partition coefficient (Wildman–Crippen LogP) is 2.74. The summed E-state index contributed by atoms with van der Waals surface area (Å²) in [5, 5.41) is 20.5. The maximum Gasteiger partial charge on any atom is 0.301 e. The molecule has 0 radical (unpaired) electrons. The summed E-state index contributed by atoms with van der Waals surface area (Å²) in [6.45, 7) is 1.58. The lowest BCUT2D eigenvalue weighted by Crippen LogP contribution is -2.03. The summed E-state index contributed by atoms with van der Waals surface area (Å²) in [7, 11) is -4.54. The first-order valence-electron chi connectivity index (χ1n) is 6.05. The van der Waals surface area contributed by atoms with Gasteiger partial charge in [0.25, 0.3) is 11.4 Å². The van der Waals surface area contributed by atoms with Crippen molar-refractivity contribution in [1.82, 2.24) is 0 Å². The fourth-order valence-corrected chi connectivity index (χ4v) is 2.18. The number of nitro benzene ring substituents is 2. The predicted molar refractivity (Wildman–Crippen MR) is 80.7 cm³/mol. The molecule has 0 aliphatic rings. The van der Waals surface area contributed by atoms with Crippen LogP contribution in [0.15, 0.2) is 53.4 Å². The van der Waals surface area contributed by atoms with E-state index in [2.05, 4.69) is 0 Å². The molecule has 10 heteroatoms. The third-order valence-electron chi connectivity index (χ3n) is 2.56. The SMILES string of the molecule is Cc1ccc(S(=O)(=O)O)c([N+](=O)[O-])c1.O=[N+]([O-])c1ccccc1. The van der Waals surface area contributed by atoms with Crippen molar-refractivity contribution < 1.29 is 22.8 Å². The molecule has 9 nitrogen and oxygen atoms in total. The van der Waals surface area contributed by atoms with E-state index >= 15 is 0 Å². The number of hydrogen-bond acceptors (Lipinski definition) is 6. The summed E-state index contributed by atoms with van der Waals surface area (Å²) in [6.07, 6.45) is 0. The molecule has 0 unspecified atom stereocenters. The van der Waals surface area contributed by atoms with Gasteiger partial charge in [-0.15, -0.1) is 0 Å². The molecule has 0 fully saturated rings. The van der Waals surface area contributed by atoms with Crippen molar-refractivity contribution in [2.75, 3.05) is 0 Å². The first kappa shape index (κ1) is 18.2. The summed E-state index contributed by atoms with van der Waals surface area (Å²) in [5.41, 5.74) is 0.0640. The topological polar surface area (TPSA) is 141 Å². The molecule has 0 atom stereocenters. The molecule has 0 aromatic heterocycles. The van der Waals surface area contributed by atoms with Gasteiger partial charge >= 0.3 is 10.1 Å². The van der Waals surface area contributed by atoms with Crippen molar-refractivity contribution in [2.24, 2.45) is 0 Å². The number of hydrogen-bond donors (Lipinski definition) is 1. The molecule has 0 aliphatic carbocycles. The average Bonchev–Trinajstić information content (AvgIpc) is 2.47. The molecular weight excluding hydrogens is 328 g/mol. The van der Waals surface area contributed by atoms with Gasteiger partial charge in [-0.25, -0.2) is 0 Å². The zero-order chi connectivity index (χ0) is 17.6. The minimum atomic E-state index is -4.54. The Bertz CT molecular complexity index is 819. The summed E-state index contributed by atoms with van der Waals surface area (Å²) in [6, 6.07) is 11.4. The van der Waals surface area contributed by atoms with Crippen LogP contribution in [-0.4, -0.2) is 22.8 Å². The lowest BCUT2D eigenvalue weighted by atomic mass is 10.2. The van der Waals surface area contributed by atoms with Crippen molar-refractivity contribution in [3.8, 4) is 0 Å². The van der Waals surface area contributed by atoms with Crippen molar-refractivity contribution in [3.63, 3.8) is 0 Å². The smallest absolute Gasteiger partial charge is 0.282 e. The standard InChI is InChI=1S/C7H7NO5S.C6H5NO2/c1-5-2-3-7(14(11,12)13)6(4-5)8(9)10;8-7(9)6-4-2-1-3-5-6/h2-4H,1H3,(H,11,12,13);1-5H. The highest BCUT2D eigenvalue weighted by molar-refractivity contribution is 7.86. The van der Waals surface area contributed by atoms with Gasteiger partial charge < -0.3 is 0 Å². The Balaban J connectivity index is 0.000000253. The van der Waals surface area contributed by atoms with E-state index in [9.17, 15) is 28.6 Å². The third kappa shape index (κ3) is 5.45. The Morgan fingerprint density at radius 3 is 1.91 bits per heavy atom. The normalized spacial score (nSPS) is 10.3. The Labute approximate surface area is 131 Å². The molecule has 0 heterocycles. The van der Waals surface area contributed by atoms with E-state index in [0.29, 0.717) is 5.56 Å². The van der Waals surface area contributed by atoms with Gasteiger partial charge in [0, 0.05) is 18.2 Å². The lowest BCUT2D eigenvalue weighted by Gasteiger charge is -1.99. The van der Waals surface area contributed by atoms with Crippen LogP contribution < -0.4 is 0 Å². The molecule has 0 spiro atoms. The highest BCUT2D eigenvalue weighted by Crippen LogP contribution is 2.24. The molecule has 0 aliphatic heterocycles. The number of non-ortho nitro benzene ring substituents is 1. The quantitative estimate of drug-likeness (QED) is 0.514. The Morgan fingerprint density at radius 1 is 0.957 bits per heavy atom. The molecule has 0 saturated carbocycles. The van der Waals surface area contributed by atoms with Crippen molar-refractivity contribution in [1.29, 1.82) is 0 Å². The number of benzene rings is 2. The second-order valence-corrected chi connectivity index (χ2v) is 5.69. The zero-order valence-electron chi connectivity index (χ0n) is 11.8. The second kappa shape index (κ2) is 7.42. The highest BCUT2D eigenvalue weighted by Gasteiger charge is 2.23. The van der Waals surface area contributed by atoms with Gasteiger partial charge in [-0.05, 0) is 18.6 Å². The van der Waals surface area contributed by atoms with Crippen LogP contribution in [0.5, 0.6) is 0 Å². The molecule has 23 heavy (non-hydrogen) atoms. The van der Waals surface area contributed by atoms with E-state index in [1.54, 1.807) is 25.1 Å². The minimum absolute atomic E-state index is 0.137. The molecular formula is C13H12N2O7S. The van der Waals surface area contributed by atoms with Crippen LogP contribution in [0.3, 0.4) is 0 Å². The number of nitro groups is 2. The molecule has 2 aromatic carbocycles. The zero-order valence-corrected chi connectivity index (χ0v) is 12.6. The molecule has 0 saturated heterocycles. The van der Waals surface area contributed by atoms with Gasteiger partial charge in [0.15, 0.2) is 4.90 Å². The van der Waals surface area contributed by atoms with Crippen LogP contribution in [0.4, 0.5) is 11.4 Å². The number of aryl methyl sites for hydroxylation is 1. The summed E-state index contributed by atoms with van der Waals surface area (Å²) in [4.78, 5) is 18.5. The van der Waals surface area contributed by atoms with Crippen LogP contribution in [0.25, 0.3) is 0 Å².